The van der Waals surface area contributed by atoms with E-state index in [9.17, 15) is 9.59 Å². The zero-order valence-corrected chi connectivity index (χ0v) is 10.8. The summed E-state index contributed by atoms with van der Waals surface area (Å²) in [6, 6.07) is 3.33. The quantitative estimate of drug-likeness (QED) is 0.618. The summed E-state index contributed by atoms with van der Waals surface area (Å²) in [6.45, 7) is 3.51. The number of ether oxygens (including phenoxy) is 2. The van der Waals surface area contributed by atoms with Crippen LogP contribution in [0.4, 0.5) is 0 Å². The van der Waals surface area contributed by atoms with Crippen LogP contribution in [0.2, 0.25) is 0 Å². The summed E-state index contributed by atoms with van der Waals surface area (Å²) in [7, 11) is 0. The van der Waals surface area contributed by atoms with E-state index in [1.54, 1.807) is 26.0 Å². The molecule has 102 valence electrons. The Morgan fingerprint density at radius 2 is 2.16 bits per heavy atom. The van der Waals surface area contributed by atoms with E-state index in [4.69, 9.17) is 14.6 Å². The second-order valence-electron chi connectivity index (χ2n) is 3.60. The molecule has 0 aliphatic heterocycles. The van der Waals surface area contributed by atoms with Gasteiger partial charge >= 0.3 is 11.9 Å². The molecule has 1 aromatic rings. The van der Waals surface area contributed by atoms with Gasteiger partial charge in [0.05, 0.1) is 6.61 Å². The minimum Gasteiger partial charge on any atom is -0.480 e. The molecule has 1 aromatic heterocycles. The molecule has 1 heterocycles. The molecule has 1 N–H and O–H groups in total. The van der Waals surface area contributed by atoms with Crippen molar-refractivity contribution < 1.29 is 24.2 Å². The number of carbonyl (C=O) groups is 2. The number of pyridine rings is 1. The molecular formula is C13H15NO5. The highest BCUT2D eigenvalue weighted by Crippen LogP contribution is 2.18. The number of carbonyl (C=O) groups excluding carboxylic acids is 1. The van der Waals surface area contributed by atoms with Gasteiger partial charge in [0.25, 0.3) is 0 Å². The number of carboxylic acid groups (broad SMARTS) is 1. The first-order valence-electron chi connectivity index (χ1n) is 5.70. The Morgan fingerprint density at radius 1 is 1.42 bits per heavy atom. The Balaban J connectivity index is 2.81. The minimum atomic E-state index is -1.08. The Morgan fingerprint density at radius 3 is 2.79 bits per heavy atom. The Bertz CT molecular complexity index is 496. The van der Waals surface area contributed by atoms with Crippen molar-refractivity contribution in [1.29, 1.82) is 0 Å². The largest absolute Gasteiger partial charge is 0.480 e. The number of nitrogens with zero attached hydrogens (tertiary/aromatic N) is 1. The van der Waals surface area contributed by atoms with Crippen molar-refractivity contribution in [2.45, 2.75) is 13.8 Å². The van der Waals surface area contributed by atoms with Crippen LogP contribution in [-0.2, 0) is 14.3 Å². The molecule has 6 nitrogen and oxygen atoms in total. The average Bonchev–Trinajstić information content (AvgIpc) is 2.35. The van der Waals surface area contributed by atoms with Crippen LogP contribution in [0.15, 0.2) is 18.2 Å². The lowest BCUT2D eigenvalue weighted by Gasteiger charge is -2.08. The van der Waals surface area contributed by atoms with Crippen LogP contribution < -0.4 is 4.74 Å². The number of esters is 1. The van der Waals surface area contributed by atoms with Crippen molar-refractivity contribution in [3.8, 4) is 5.75 Å². The van der Waals surface area contributed by atoms with Gasteiger partial charge in [-0.1, -0.05) is 0 Å². The second-order valence-corrected chi connectivity index (χ2v) is 3.60. The highest BCUT2D eigenvalue weighted by Gasteiger charge is 2.07. The van der Waals surface area contributed by atoms with Gasteiger partial charge in [-0.2, -0.15) is 0 Å². The van der Waals surface area contributed by atoms with Gasteiger partial charge in [-0.05, 0) is 32.1 Å². The van der Waals surface area contributed by atoms with Gasteiger partial charge in [-0.3, -0.25) is 0 Å². The number of hydrogen-bond acceptors (Lipinski definition) is 5. The first-order valence-corrected chi connectivity index (χ1v) is 5.70. The zero-order valence-electron chi connectivity index (χ0n) is 10.8. The van der Waals surface area contributed by atoms with E-state index < -0.39 is 11.9 Å². The predicted molar refractivity (Wildman–Crippen MR) is 67.8 cm³/mol. The summed E-state index contributed by atoms with van der Waals surface area (Å²) in [5.41, 5.74) is 1.07. The lowest BCUT2D eigenvalue weighted by molar-refractivity contribution is -0.145. The highest BCUT2D eigenvalue weighted by atomic mass is 16.6. The molecule has 0 aromatic carbocycles. The molecule has 0 unspecified atom stereocenters. The van der Waals surface area contributed by atoms with E-state index in [0.29, 0.717) is 17.1 Å². The number of carboxylic acids is 1. The smallest absolute Gasteiger partial charge is 0.344 e. The van der Waals surface area contributed by atoms with Gasteiger partial charge in [0.2, 0.25) is 0 Å². The first kappa shape index (κ1) is 14.7. The van der Waals surface area contributed by atoms with Crippen LogP contribution in [0.1, 0.15) is 18.3 Å². The fraction of sp³-hybridized carbons (Fsp3) is 0.308. The Kier molecular flexibility index (Phi) is 5.53. The van der Waals surface area contributed by atoms with Crippen molar-refractivity contribution in [1.82, 2.24) is 4.98 Å². The summed E-state index contributed by atoms with van der Waals surface area (Å²) >= 11 is 0. The molecule has 0 spiro atoms. The van der Waals surface area contributed by atoms with E-state index in [-0.39, 0.29) is 13.2 Å². The highest BCUT2D eigenvalue weighted by molar-refractivity contribution is 5.85. The van der Waals surface area contributed by atoms with Crippen molar-refractivity contribution in [2.24, 2.45) is 0 Å². The Hall–Kier alpha value is -2.37. The van der Waals surface area contributed by atoms with E-state index in [1.165, 1.54) is 6.08 Å². The van der Waals surface area contributed by atoms with Gasteiger partial charge in [0.15, 0.2) is 6.61 Å². The molecule has 6 heteroatoms. The SMILES string of the molecule is CCOC(=O)COc1ccc(C)nc1C=CC(=O)O. The van der Waals surface area contributed by atoms with Gasteiger partial charge in [0, 0.05) is 11.8 Å². The molecule has 0 aliphatic rings. The van der Waals surface area contributed by atoms with Crippen LogP contribution in [-0.4, -0.2) is 35.2 Å². The lowest BCUT2D eigenvalue weighted by atomic mass is 10.2. The molecular weight excluding hydrogens is 250 g/mol. The normalized spacial score (nSPS) is 10.4. The maximum atomic E-state index is 11.2. The number of aryl methyl sites for hydroxylation is 1. The second kappa shape index (κ2) is 7.15. The number of rotatable bonds is 6. The molecule has 0 aliphatic carbocycles. The van der Waals surface area contributed by atoms with E-state index >= 15 is 0 Å². The molecule has 0 amide bonds. The molecule has 0 radical (unpaired) electrons. The van der Waals surface area contributed by atoms with Crippen molar-refractivity contribution in [3.63, 3.8) is 0 Å². The lowest BCUT2D eigenvalue weighted by Crippen LogP contribution is -2.15. The van der Waals surface area contributed by atoms with E-state index in [0.717, 1.165) is 6.08 Å². The Labute approximate surface area is 110 Å². The van der Waals surface area contributed by atoms with Gasteiger partial charge in [0.1, 0.15) is 11.4 Å². The van der Waals surface area contributed by atoms with Crippen LogP contribution >= 0.6 is 0 Å². The standard InChI is InChI=1S/C13H15NO5/c1-3-18-13(17)8-19-11-6-4-9(2)14-10(11)5-7-12(15)16/h4-7H,3,8H2,1-2H3,(H,15,16). The minimum absolute atomic E-state index is 0.244. The summed E-state index contributed by atoms with van der Waals surface area (Å²) in [6.07, 6.45) is 2.27. The fourth-order valence-electron chi connectivity index (χ4n) is 1.30. The molecule has 0 saturated carbocycles. The summed E-state index contributed by atoms with van der Waals surface area (Å²) < 4.78 is 9.99. The van der Waals surface area contributed by atoms with E-state index in [1.807, 2.05) is 0 Å². The molecule has 0 saturated heterocycles. The maximum Gasteiger partial charge on any atom is 0.344 e. The third kappa shape index (κ3) is 5.20. The number of hydrogen-bond donors (Lipinski definition) is 1. The molecule has 19 heavy (non-hydrogen) atoms. The molecule has 0 bridgehead atoms. The topological polar surface area (TPSA) is 85.7 Å². The third-order valence-corrected chi connectivity index (χ3v) is 2.06. The van der Waals surface area contributed by atoms with Crippen LogP contribution in [0.5, 0.6) is 5.75 Å². The predicted octanol–water partition coefficient (Wildman–Crippen LogP) is 1.43. The van der Waals surface area contributed by atoms with Crippen molar-refractivity contribution in [3.05, 3.63) is 29.6 Å². The van der Waals surface area contributed by atoms with E-state index in [2.05, 4.69) is 4.98 Å². The monoisotopic (exact) mass is 265 g/mol. The average molecular weight is 265 g/mol. The first-order chi connectivity index (χ1) is 9.02. The van der Waals surface area contributed by atoms with Crippen LogP contribution in [0, 0.1) is 6.92 Å². The van der Waals surface area contributed by atoms with Crippen LogP contribution in [0.3, 0.4) is 0 Å². The third-order valence-electron chi connectivity index (χ3n) is 2.06. The van der Waals surface area contributed by atoms with Gasteiger partial charge < -0.3 is 14.6 Å². The van der Waals surface area contributed by atoms with Crippen LogP contribution in [0.25, 0.3) is 6.08 Å². The maximum absolute atomic E-state index is 11.2. The molecule has 0 atom stereocenters. The summed E-state index contributed by atoms with van der Waals surface area (Å²) in [5.74, 6) is -1.24. The number of aromatic nitrogens is 1. The van der Waals surface area contributed by atoms with Gasteiger partial charge in [-0.15, -0.1) is 0 Å². The van der Waals surface area contributed by atoms with Crippen molar-refractivity contribution in [2.75, 3.05) is 13.2 Å². The summed E-state index contributed by atoms with van der Waals surface area (Å²) in [5, 5.41) is 8.59. The zero-order chi connectivity index (χ0) is 14.3. The van der Waals surface area contributed by atoms with Gasteiger partial charge in [-0.25, -0.2) is 14.6 Å². The number of aliphatic carboxylic acids is 1. The molecule has 1 rings (SSSR count). The molecule has 0 fully saturated rings. The fourth-order valence-corrected chi connectivity index (χ4v) is 1.30. The summed E-state index contributed by atoms with van der Waals surface area (Å²) in [4.78, 5) is 25.8. The van der Waals surface area contributed by atoms with Crippen molar-refractivity contribution >= 4 is 18.0 Å².